The second-order valence-electron chi connectivity index (χ2n) is 5.67. The van der Waals surface area contributed by atoms with E-state index in [1.165, 1.54) is 66.9 Å². The number of nitrogens with zero attached hydrogens (tertiary/aromatic N) is 1. The third-order valence-electron chi connectivity index (χ3n) is 4.27. The molecule has 3 rings (SSSR count). The lowest BCUT2D eigenvalue weighted by atomic mass is 9.92. The van der Waals surface area contributed by atoms with Gasteiger partial charge in [-0.2, -0.15) is 0 Å². The molecule has 0 amide bonds. The Morgan fingerprint density at radius 2 is 1.65 bits per heavy atom. The molecule has 0 radical (unpaired) electrons. The van der Waals surface area contributed by atoms with E-state index >= 15 is 0 Å². The molecule has 1 aromatic heterocycles. The summed E-state index contributed by atoms with van der Waals surface area (Å²) in [5, 5.41) is 1.24. The van der Waals surface area contributed by atoms with E-state index in [0.29, 0.717) is 0 Å². The average molecular weight is 250 g/mol. The van der Waals surface area contributed by atoms with Gasteiger partial charge in [-0.25, -0.2) is 4.98 Å². The molecular formula is C14H22N2S. The van der Waals surface area contributed by atoms with Crippen molar-refractivity contribution in [2.45, 2.75) is 69.7 Å². The van der Waals surface area contributed by atoms with Gasteiger partial charge in [-0.1, -0.05) is 25.7 Å². The molecule has 2 aliphatic rings. The molecule has 0 bridgehead atoms. The van der Waals surface area contributed by atoms with Crippen LogP contribution < -0.4 is 5.73 Å². The number of aryl methyl sites for hydroxylation is 2. The molecule has 0 atom stereocenters. The highest BCUT2D eigenvalue weighted by molar-refractivity contribution is 7.11. The van der Waals surface area contributed by atoms with Gasteiger partial charge in [0.25, 0.3) is 0 Å². The number of thiazole rings is 1. The molecule has 3 heteroatoms. The number of fused-ring (bicyclic) bond motifs is 1. The third kappa shape index (κ3) is 2.27. The quantitative estimate of drug-likeness (QED) is 0.774. The van der Waals surface area contributed by atoms with E-state index < -0.39 is 0 Å². The van der Waals surface area contributed by atoms with Crippen LogP contribution in [-0.4, -0.2) is 4.98 Å². The Labute approximate surface area is 108 Å². The summed E-state index contributed by atoms with van der Waals surface area (Å²) in [6.07, 6.45) is 12.6. The minimum atomic E-state index is -0.0987. The van der Waals surface area contributed by atoms with Crippen molar-refractivity contribution in [3.8, 4) is 0 Å². The summed E-state index contributed by atoms with van der Waals surface area (Å²) in [6.45, 7) is 0. The molecule has 0 spiro atoms. The van der Waals surface area contributed by atoms with Crippen molar-refractivity contribution < 1.29 is 0 Å². The van der Waals surface area contributed by atoms with Crippen LogP contribution in [0.3, 0.4) is 0 Å². The predicted molar refractivity (Wildman–Crippen MR) is 72.3 cm³/mol. The van der Waals surface area contributed by atoms with E-state index in [1.54, 1.807) is 0 Å². The molecule has 2 N–H and O–H groups in total. The minimum Gasteiger partial charge on any atom is -0.319 e. The zero-order valence-electron chi connectivity index (χ0n) is 10.5. The van der Waals surface area contributed by atoms with E-state index in [1.807, 2.05) is 11.3 Å². The van der Waals surface area contributed by atoms with Crippen LogP contribution in [0.2, 0.25) is 0 Å². The van der Waals surface area contributed by atoms with Crippen molar-refractivity contribution in [3.05, 3.63) is 15.6 Å². The van der Waals surface area contributed by atoms with E-state index in [9.17, 15) is 0 Å². The second kappa shape index (κ2) is 4.69. The van der Waals surface area contributed by atoms with Crippen LogP contribution >= 0.6 is 11.3 Å². The van der Waals surface area contributed by atoms with Gasteiger partial charge in [0.15, 0.2) is 0 Å². The number of rotatable bonds is 1. The summed E-state index contributed by atoms with van der Waals surface area (Å²) in [7, 11) is 0. The fourth-order valence-corrected chi connectivity index (χ4v) is 4.45. The van der Waals surface area contributed by atoms with Crippen LogP contribution in [0.5, 0.6) is 0 Å². The largest absolute Gasteiger partial charge is 0.319 e. The molecule has 0 saturated heterocycles. The second-order valence-corrected chi connectivity index (χ2v) is 6.75. The monoisotopic (exact) mass is 250 g/mol. The molecule has 17 heavy (non-hydrogen) atoms. The zero-order valence-corrected chi connectivity index (χ0v) is 11.3. The van der Waals surface area contributed by atoms with Crippen molar-refractivity contribution in [2.24, 2.45) is 5.73 Å². The van der Waals surface area contributed by atoms with E-state index in [2.05, 4.69) is 0 Å². The lowest BCUT2D eigenvalue weighted by molar-refractivity contribution is 0.383. The van der Waals surface area contributed by atoms with Crippen LogP contribution in [0.4, 0.5) is 0 Å². The molecule has 1 aromatic rings. The van der Waals surface area contributed by atoms with Gasteiger partial charge < -0.3 is 5.73 Å². The van der Waals surface area contributed by atoms with Gasteiger partial charge in [0.05, 0.1) is 11.2 Å². The predicted octanol–water partition coefficient (Wildman–Crippen LogP) is 3.53. The Bertz CT molecular complexity index is 365. The standard InChI is InChI=1S/C14H22N2S/c15-14(9-5-1-2-6-10-14)13-16-11-7-3-4-8-12(11)17-13/h1-10,15H2. The average Bonchev–Trinajstić information content (AvgIpc) is 2.66. The number of hydrogen-bond donors (Lipinski definition) is 1. The van der Waals surface area contributed by atoms with Gasteiger partial charge in [-0.3, -0.25) is 0 Å². The molecule has 94 valence electrons. The summed E-state index contributed by atoms with van der Waals surface area (Å²) < 4.78 is 0. The van der Waals surface area contributed by atoms with Crippen molar-refractivity contribution in [2.75, 3.05) is 0 Å². The summed E-state index contributed by atoms with van der Waals surface area (Å²) in [5.41, 5.74) is 7.91. The van der Waals surface area contributed by atoms with Gasteiger partial charge in [0, 0.05) is 4.88 Å². The summed E-state index contributed by atoms with van der Waals surface area (Å²) in [5.74, 6) is 0. The molecular weight excluding hydrogens is 228 g/mol. The Morgan fingerprint density at radius 3 is 2.35 bits per heavy atom. The van der Waals surface area contributed by atoms with Gasteiger partial charge in [-0.05, 0) is 38.5 Å². The lowest BCUT2D eigenvalue weighted by Gasteiger charge is -2.25. The number of hydrogen-bond acceptors (Lipinski definition) is 3. The van der Waals surface area contributed by atoms with Crippen LogP contribution in [0.25, 0.3) is 0 Å². The molecule has 0 aromatic carbocycles. The van der Waals surface area contributed by atoms with Gasteiger partial charge in [-0.15, -0.1) is 11.3 Å². The summed E-state index contributed by atoms with van der Waals surface area (Å²) >= 11 is 1.91. The van der Waals surface area contributed by atoms with Gasteiger partial charge in [0.1, 0.15) is 5.01 Å². The first kappa shape index (κ1) is 11.7. The molecule has 1 fully saturated rings. The topological polar surface area (TPSA) is 38.9 Å². The molecule has 2 nitrogen and oxygen atoms in total. The van der Waals surface area contributed by atoms with Crippen LogP contribution in [0.1, 0.15) is 66.9 Å². The fourth-order valence-electron chi connectivity index (χ4n) is 3.14. The Balaban J connectivity index is 1.88. The Morgan fingerprint density at radius 1 is 0.941 bits per heavy atom. The smallest absolute Gasteiger partial charge is 0.113 e. The van der Waals surface area contributed by atoms with Crippen molar-refractivity contribution >= 4 is 11.3 Å². The number of nitrogens with two attached hydrogens (primary N) is 1. The number of aromatic nitrogens is 1. The summed E-state index contributed by atoms with van der Waals surface area (Å²) in [4.78, 5) is 6.41. The molecule has 0 aliphatic heterocycles. The normalized spacial score (nSPS) is 24.1. The van der Waals surface area contributed by atoms with Crippen molar-refractivity contribution in [1.29, 1.82) is 0 Å². The highest BCUT2D eigenvalue weighted by atomic mass is 32.1. The third-order valence-corrected chi connectivity index (χ3v) is 5.64. The van der Waals surface area contributed by atoms with E-state index in [4.69, 9.17) is 10.7 Å². The molecule has 1 heterocycles. The van der Waals surface area contributed by atoms with Crippen molar-refractivity contribution in [3.63, 3.8) is 0 Å². The first-order valence-electron chi connectivity index (χ1n) is 7.06. The first-order valence-corrected chi connectivity index (χ1v) is 7.87. The zero-order chi connectivity index (χ0) is 11.7. The lowest BCUT2D eigenvalue weighted by Crippen LogP contribution is -2.35. The Kier molecular flexibility index (Phi) is 3.22. The minimum absolute atomic E-state index is 0.0987. The van der Waals surface area contributed by atoms with Crippen LogP contribution in [0, 0.1) is 0 Å². The maximum Gasteiger partial charge on any atom is 0.113 e. The molecule has 2 aliphatic carbocycles. The summed E-state index contributed by atoms with van der Waals surface area (Å²) in [6, 6.07) is 0. The molecule has 1 saturated carbocycles. The fraction of sp³-hybridized carbons (Fsp3) is 0.786. The highest BCUT2D eigenvalue weighted by Gasteiger charge is 2.32. The molecule has 0 unspecified atom stereocenters. The first-order chi connectivity index (χ1) is 8.28. The Hall–Kier alpha value is -0.410. The van der Waals surface area contributed by atoms with E-state index in [-0.39, 0.29) is 5.54 Å². The maximum absolute atomic E-state index is 6.64. The van der Waals surface area contributed by atoms with Crippen LogP contribution in [0.15, 0.2) is 0 Å². The van der Waals surface area contributed by atoms with Crippen molar-refractivity contribution in [1.82, 2.24) is 4.98 Å². The van der Waals surface area contributed by atoms with E-state index in [0.717, 1.165) is 12.8 Å². The maximum atomic E-state index is 6.64. The van der Waals surface area contributed by atoms with Gasteiger partial charge >= 0.3 is 0 Å². The highest BCUT2D eigenvalue weighted by Crippen LogP contribution is 2.38. The SMILES string of the molecule is NC1(c2nc3c(s2)CCCC3)CCCCCC1. The van der Waals surface area contributed by atoms with Gasteiger partial charge in [0.2, 0.25) is 0 Å². The van der Waals surface area contributed by atoms with Crippen LogP contribution in [-0.2, 0) is 18.4 Å².